The van der Waals surface area contributed by atoms with Crippen LogP contribution in [0, 0.1) is 0 Å². The number of rotatable bonds is 8. The lowest BCUT2D eigenvalue weighted by Crippen LogP contribution is -2.50. The topological polar surface area (TPSA) is 79.4 Å². The average molecular weight is 440 g/mol. The molecular formula is C21H33N3O5S. The van der Waals surface area contributed by atoms with Gasteiger partial charge in [0, 0.05) is 58.0 Å². The summed E-state index contributed by atoms with van der Waals surface area (Å²) in [6, 6.07) is 4.66. The molecule has 1 unspecified atom stereocenters. The van der Waals surface area contributed by atoms with Gasteiger partial charge in [-0.3, -0.25) is 9.69 Å². The lowest BCUT2D eigenvalue weighted by molar-refractivity contribution is 0.0432. The third kappa shape index (κ3) is 4.96. The maximum atomic E-state index is 13.1. The van der Waals surface area contributed by atoms with Crippen LogP contribution < -0.4 is 4.74 Å². The second kappa shape index (κ2) is 10.1. The van der Waals surface area contributed by atoms with E-state index in [4.69, 9.17) is 9.47 Å². The van der Waals surface area contributed by atoms with Crippen LogP contribution in [0.15, 0.2) is 23.1 Å². The van der Waals surface area contributed by atoms with E-state index < -0.39 is 10.0 Å². The Morgan fingerprint density at radius 3 is 2.47 bits per heavy atom. The lowest BCUT2D eigenvalue weighted by Gasteiger charge is -2.35. The van der Waals surface area contributed by atoms with E-state index in [0.717, 1.165) is 39.1 Å². The second-order valence-electron chi connectivity index (χ2n) is 7.68. The highest BCUT2D eigenvalue weighted by atomic mass is 32.2. The number of carbonyl (C=O) groups is 1. The van der Waals surface area contributed by atoms with E-state index in [0.29, 0.717) is 37.8 Å². The fourth-order valence-electron chi connectivity index (χ4n) is 4.11. The molecule has 2 saturated heterocycles. The van der Waals surface area contributed by atoms with Gasteiger partial charge in [-0.1, -0.05) is 13.8 Å². The Hall–Kier alpha value is -1.68. The van der Waals surface area contributed by atoms with E-state index in [1.807, 2.05) is 0 Å². The van der Waals surface area contributed by atoms with E-state index in [1.54, 1.807) is 30.9 Å². The molecule has 0 N–H and O–H groups in total. The Kier molecular flexibility index (Phi) is 7.73. The molecule has 0 aromatic heterocycles. The lowest BCUT2D eigenvalue weighted by atomic mass is 10.1. The summed E-state index contributed by atoms with van der Waals surface area (Å²) in [5, 5.41) is 0. The summed E-state index contributed by atoms with van der Waals surface area (Å²) in [5.41, 5.74) is 0.370. The predicted molar refractivity (Wildman–Crippen MR) is 114 cm³/mol. The summed E-state index contributed by atoms with van der Waals surface area (Å²) < 4.78 is 38.4. The molecule has 0 spiro atoms. The molecule has 3 rings (SSSR count). The van der Waals surface area contributed by atoms with Crippen molar-refractivity contribution in [1.82, 2.24) is 14.1 Å². The molecule has 1 atom stereocenters. The van der Waals surface area contributed by atoms with Crippen LogP contribution in [0.2, 0.25) is 0 Å². The number of ether oxygens (including phenoxy) is 2. The van der Waals surface area contributed by atoms with Gasteiger partial charge in [0.15, 0.2) is 0 Å². The molecule has 0 saturated carbocycles. The monoisotopic (exact) mass is 439 g/mol. The fourth-order valence-corrected chi connectivity index (χ4v) is 5.75. The van der Waals surface area contributed by atoms with Crippen LogP contribution in [-0.2, 0) is 14.8 Å². The maximum Gasteiger partial charge on any atom is 0.253 e. The molecule has 1 amide bonds. The molecule has 0 bridgehead atoms. The number of hydrogen-bond acceptors (Lipinski definition) is 6. The molecular weight excluding hydrogens is 406 g/mol. The van der Waals surface area contributed by atoms with E-state index in [2.05, 4.69) is 4.90 Å². The average Bonchev–Trinajstić information content (AvgIpc) is 3.27. The molecule has 9 heteroatoms. The van der Waals surface area contributed by atoms with Gasteiger partial charge in [0.05, 0.1) is 13.2 Å². The van der Waals surface area contributed by atoms with Crippen LogP contribution in [-0.4, -0.2) is 94.1 Å². The van der Waals surface area contributed by atoms with Gasteiger partial charge in [0.1, 0.15) is 10.6 Å². The van der Waals surface area contributed by atoms with Crippen molar-refractivity contribution in [1.29, 1.82) is 0 Å². The Balaban J connectivity index is 1.72. The summed E-state index contributed by atoms with van der Waals surface area (Å²) in [6.07, 6.45) is 2.54. The van der Waals surface area contributed by atoms with Crippen molar-refractivity contribution >= 4 is 15.9 Å². The quantitative estimate of drug-likeness (QED) is 0.613. The van der Waals surface area contributed by atoms with E-state index in [9.17, 15) is 13.2 Å². The van der Waals surface area contributed by atoms with Gasteiger partial charge < -0.3 is 14.4 Å². The van der Waals surface area contributed by atoms with Gasteiger partial charge in [0.25, 0.3) is 5.91 Å². The standard InChI is InChI=1S/C21H33N3O5S/c1-4-24(5-2)30(26,27)20-15-17(8-9-19(20)28-3)21(25)23-12-10-22(11-13-23)16-18-7-6-14-29-18/h8-9,15,18H,4-7,10-14,16H2,1-3H3. The number of sulfonamides is 1. The summed E-state index contributed by atoms with van der Waals surface area (Å²) in [4.78, 5) is 17.2. The van der Waals surface area contributed by atoms with E-state index in [-0.39, 0.29) is 16.6 Å². The molecule has 2 heterocycles. The Morgan fingerprint density at radius 2 is 1.90 bits per heavy atom. The van der Waals surface area contributed by atoms with Crippen molar-refractivity contribution in [3.63, 3.8) is 0 Å². The third-order valence-electron chi connectivity index (χ3n) is 5.88. The Bertz CT molecular complexity index is 827. The van der Waals surface area contributed by atoms with E-state index >= 15 is 0 Å². The number of methoxy groups -OCH3 is 1. The molecule has 2 aliphatic rings. The van der Waals surface area contributed by atoms with Gasteiger partial charge in [-0.2, -0.15) is 4.31 Å². The molecule has 1 aromatic carbocycles. The summed E-state index contributed by atoms with van der Waals surface area (Å²) >= 11 is 0. The predicted octanol–water partition coefficient (Wildman–Crippen LogP) is 1.66. The van der Waals surface area contributed by atoms with Crippen LogP contribution in [0.1, 0.15) is 37.0 Å². The van der Waals surface area contributed by atoms with Gasteiger partial charge >= 0.3 is 0 Å². The first-order valence-electron chi connectivity index (χ1n) is 10.7. The maximum absolute atomic E-state index is 13.1. The van der Waals surface area contributed by atoms with Gasteiger partial charge in [-0.25, -0.2) is 8.42 Å². The van der Waals surface area contributed by atoms with Crippen LogP contribution in [0.5, 0.6) is 5.75 Å². The summed E-state index contributed by atoms with van der Waals surface area (Å²) in [7, 11) is -2.30. The summed E-state index contributed by atoms with van der Waals surface area (Å²) in [6.45, 7) is 8.89. The molecule has 30 heavy (non-hydrogen) atoms. The largest absolute Gasteiger partial charge is 0.495 e. The minimum absolute atomic E-state index is 0.0385. The molecule has 168 valence electrons. The second-order valence-corrected chi connectivity index (χ2v) is 9.59. The number of nitrogens with zero attached hydrogens (tertiary/aromatic N) is 3. The zero-order valence-corrected chi connectivity index (χ0v) is 19.0. The van der Waals surface area contributed by atoms with Gasteiger partial charge in [-0.05, 0) is 31.0 Å². The smallest absolute Gasteiger partial charge is 0.253 e. The van der Waals surface area contributed by atoms with E-state index in [1.165, 1.54) is 17.5 Å². The zero-order chi connectivity index (χ0) is 21.7. The highest BCUT2D eigenvalue weighted by Crippen LogP contribution is 2.28. The van der Waals surface area contributed by atoms with Crippen molar-refractivity contribution in [2.45, 2.75) is 37.7 Å². The first kappa shape index (κ1) is 23.0. The minimum atomic E-state index is -3.74. The molecule has 8 nitrogen and oxygen atoms in total. The first-order valence-corrected chi connectivity index (χ1v) is 12.2. The SMILES string of the molecule is CCN(CC)S(=O)(=O)c1cc(C(=O)N2CCN(CC3CCCO3)CC2)ccc1OC. The molecule has 2 fully saturated rings. The van der Waals surface area contributed by atoms with Crippen LogP contribution in [0.25, 0.3) is 0 Å². The van der Waals surface area contributed by atoms with Crippen LogP contribution in [0.3, 0.4) is 0 Å². The Morgan fingerprint density at radius 1 is 1.20 bits per heavy atom. The highest BCUT2D eigenvalue weighted by Gasteiger charge is 2.29. The van der Waals surface area contributed by atoms with Crippen LogP contribution >= 0.6 is 0 Å². The molecule has 0 aliphatic carbocycles. The normalized spacial score (nSPS) is 20.7. The van der Waals surface area contributed by atoms with Crippen molar-refractivity contribution in [2.75, 3.05) is 59.5 Å². The first-order chi connectivity index (χ1) is 14.4. The highest BCUT2D eigenvalue weighted by molar-refractivity contribution is 7.89. The van der Waals surface area contributed by atoms with Gasteiger partial charge in [0.2, 0.25) is 10.0 Å². The van der Waals surface area contributed by atoms with Gasteiger partial charge in [-0.15, -0.1) is 0 Å². The third-order valence-corrected chi connectivity index (χ3v) is 7.95. The van der Waals surface area contributed by atoms with Crippen molar-refractivity contribution in [2.24, 2.45) is 0 Å². The van der Waals surface area contributed by atoms with Crippen molar-refractivity contribution < 1.29 is 22.7 Å². The number of benzene rings is 1. The number of piperazine rings is 1. The molecule has 1 aromatic rings. The number of amides is 1. The summed E-state index contributed by atoms with van der Waals surface area (Å²) in [5.74, 6) is 0.102. The number of hydrogen-bond donors (Lipinski definition) is 0. The zero-order valence-electron chi connectivity index (χ0n) is 18.2. The minimum Gasteiger partial charge on any atom is -0.495 e. The Labute approximate surface area is 179 Å². The fraction of sp³-hybridized carbons (Fsp3) is 0.667. The molecule has 0 radical (unpaired) electrons. The molecule has 2 aliphatic heterocycles. The van der Waals surface area contributed by atoms with Crippen molar-refractivity contribution in [3.05, 3.63) is 23.8 Å². The number of carbonyl (C=O) groups excluding carboxylic acids is 1. The van der Waals surface area contributed by atoms with Crippen LogP contribution in [0.4, 0.5) is 0 Å². The van der Waals surface area contributed by atoms with Crippen molar-refractivity contribution in [3.8, 4) is 5.75 Å².